The summed E-state index contributed by atoms with van der Waals surface area (Å²) in [5, 5.41) is 0. The fourth-order valence-corrected chi connectivity index (χ4v) is 5.92. The molecule has 3 aromatic rings. The van der Waals surface area contributed by atoms with Crippen molar-refractivity contribution in [3.05, 3.63) is 48.3 Å². The van der Waals surface area contributed by atoms with E-state index in [9.17, 15) is 0 Å². The second-order valence-corrected chi connectivity index (χ2v) is 10.7. The smallest absolute Gasteiger partial charge is 0.149 e. The zero-order valence-corrected chi connectivity index (χ0v) is 21.7. The van der Waals surface area contributed by atoms with Crippen LogP contribution in [0, 0.1) is 5.92 Å². The van der Waals surface area contributed by atoms with Crippen LogP contribution in [-0.4, -0.2) is 76.9 Å². The number of hydrogen-bond acceptors (Lipinski definition) is 8. The summed E-state index contributed by atoms with van der Waals surface area (Å²) in [6, 6.07) is 4.27. The monoisotopic (exact) mass is 502 g/mol. The van der Waals surface area contributed by atoms with Crippen LogP contribution in [0.3, 0.4) is 0 Å². The fraction of sp³-hybridized carbons (Fsp3) is 0.586. The SMILES string of the molecule is c1cnc2c(OC3CCC(Cc4ncc(CCN5CCCC5)cn4)CC3)cc(N3CCOCC3)cc2n1. The molecule has 0 spiro atoms. The molecule has 2 aliphatic heterocycles. The lowest BCUT2D eigenvalue weighted by Crippen LogP contribution is -2.36. The first kappa shape index (κ1) is 24.5. The van der Waals surface area contributed by atoms with Crippen LogP contribution in [0.4, 0.5) is 5.69 Å². The number of nitrogens with zero attached hydrogens (tertiary/aromatic N) is 6. The van der Waals surface area contributed by atoms with Crippen molar-refractivity contribution in [1.82, 2.24) is 24.8 Å². The predicted octanol–water partition coefficient (Wildman–Crippen LogP) is 4.08. The minimum Gasteiger partial charge on any atom is -0.488 e. The van der Waals surface area contributed by atoms with E-state index in [0.29, 0.717) is 5.92 Å². The van der Waals surface area contributed by atoms with Crippen molar-refractivity contribution in [3.63, 3.8) is 0 Å². The average molecular weight is 503 g/mol. The van der Waals surface area contributed by atoms with Gasteiger partial charge < -0.3 is 19.3 Å². The maximum atomic E-state index is 6.59. The van der Waals surface area contributed by atoms with Crippen LogP contribution in [0.1, 0.15) is 49.9 Å². The predicted molar refractivity (Wildman–Crippen MR) is 144 cm³/mol. The largest absolute Gasteiger partial charge is 0.488 e. The van der Waals surface area contributed by atoms with Crippen molar-refractivity contribution in [3.8, 4) is 5.75 Å². The van der Waals surface area contributed by atoms with Gasteiger partial charge >= 0.3 is 0 Å². The maximum Gasteiger partial charge on any atom is 0.149 e. The van der Waals surface area contributed by atoms with Gasteiger partial charge in [-0.1, -0.05) is 0 Å². The van der Waals surface area contributed by atoms with E-state index in [-0.39, 0.29) is 6.10 Å². The normalized spacial score (nSPS) is 23.0. The van der Waals surface area contributed by atoms with Gasteiger partial charge in [-0.2, -0.15) is 0 Å². The van der Waals surface area contributed by atoms with Crippen LogP contribution >= 0.6 is 0 Å². The Morgan fingerprint density at radius 2 is 1.62 bits per heavy atom. The summed E-state index contributed by atoms with van der Waals surface area (Å²) < 4.78 is 12.1. The van der Waals surface area contributed by atoms with Gasteiger partial charge in [-0.05, 0) is 75.6 Å². The first-order chi connectivity index (χ1) is 18.3. The Morgan fingerprint density at radius 1 is 0.865 bits per heavy atom. The second-order valence-electron chi connectivity index (χ2n) is 10.7. The Morgan fingerprint density at radius 3 is 2.41 bits per heavy atom. The molecule has 8 heteroatoms. The number of ether oxygens (including phenoxy) is 2. The van der Waals surface area contributed by atoms with E-state index in [1.165, 1.54) is 31.5 Å². The third-order valence-corrected chi connectivity index (χ3v) is 8.13. The van der Waals surface area contributed by atoms with Crippen molar-refractivity contribution in [1.29, 1.82) is 0 Å². The average Bonchev–Trinajstić information content (AvgIpc) is 3.48. The molecule has 196 valence electrons. The molecule has 1 aromatic carbocycles. The minimum absolute atomic E-state index is 0.204. The highest BCUT2D eigenvalue weighted by Gasteiger charge is 2.25. The number of aromatic nitrogens is 4. The van der Waals surface area contributed by atoms with E-state index >= 15 is 0 Å². The quantitative estimate of drug-likeness (QED) is 0.456. The molecule has 0 bridgehead atoms. The van der Waals surface area contributed by atoms with Gasteiger partial charge in [0.2, 0.25) is 0 Å². The molecule has 2 saturated heterocycles. The lowest BCUT2D eigenvalue weighted by Gasteiger charge is -2.31. The Kier molecular flexibility index (Phi) is 7.74. The van der Waals surface area contributed by atoms with Gasteiger partial charge in [-0.25, -0.2) is 15.0 Å². The number of morpholine rings is 1. The van der Waals surface area contributed by atoms with Crippen molar-refractivity contribution in [2.24, 2.45) is 5.92 Å². The molecular weight excluding hydrogens is 464 g/mol. The molecule has 1 aliphatic carbocycles. The molecule has 8 nitrogen and oxygen atoms in total. The third-order valence-electron chi connectivity index (χ3n) is 8.13. The van der Waals surface area contributed by atoms with Gasteiger partial charge in [0.1, 0.15) is 17.1 Å². The number of fused-ring (bicyclic) bond motifs is 1. The van der Waals surface area contributed by atoms with E-state index in [1.807, 2.05) is 12.4 Å². The van der Waals surface area contributed by atoms with Gasteiger partial charge in [-0.3, -0.25) is 4.98 Å². The molecule has 2 aromatic heterocycles. The number of benzene rings is 1. The van der Waals surface area contributed by atoms with Crippen LogP contribution in [0.5, 0.6) is 5.75 Å². The highest BCUT2D eigenvalue weighted by Crippen LogP contribution is 2.34. The van der Waals surface area contributed by atoms with Gasteiger partial charge in [0.05, 0.1) is 24.8 Å². The summed E-state index contributed by atoms with van der Waals surface area (Å²) in [7, 11) is 0. The Hall–Kier alpha value is -2.84. The highest BCUT2D eigenvalue weighted by atomic mass is 16.5. The minimum atomic E-state index is 0.204. The topological polar surface area (TPSA) is 76.5 Å². The summed E-state index contributed by atoms with van der Waals surface area (Å²) in [6.45, 7) is 6.90. The molecular formula is C29H38N6O2. The van der Waals surface area contributed by atoms with Crippen LogP contribution in [-0.2, 0) is 17.6 Å². The Bertz CT molecular complexity index is 1150. The molecule has 0 atom stereocenters. The van der Waals surface area contributed by atoms with Crippen molar-refractivity contribution in [2.75, 3.05) is 50.8 Å². The van der Waals surface area contributed by atoms with E-state index in [1.54, 1.807) is 12.4 Å². The molecule has 3 fully saturated rings. The lowest BCUT2D eigenvalue weighted by atomic mass is 9.85. The number of anilines is 1. The van der Waals surface area contributed by atoms with Crippen molar-refractivity contribution < 1.29 is 9.47 Å². The molecule has 0 N–H and O–H groups in total. The molecule has 37 heavy (non-hydrogen) atoms. The van der Waals surface area contributed by atoms with Gasteiger partial charge in [0, 0.05) is 62.6 Å². The molecule has 0 radical (unpaired) electrons. The fourth-order valence-electron chi connectivity index (χ4n) is 5.92. The van der Waals surface area contributed by atoms with E-state index < -0.39 is 0 Å². The third kappa shape index (κ3) is 6.18. The maximum absolute atomic E-state index is 6.59. The van der Waals surface area contributed by atoms with E-state index in [0.717, 1.165) is 99.7 Å². The Balaban J connectivity index is 1.03. The van der Waals surface area contributed by atoms with E-state index in [2.05, 4.69) is 31.9 Å². The summed E-state index contributed by atoms with van der Waals surface area (Å²) >= 11 is 0. The summed E-state index contributed by atoms with van der Waals surface area (Å²) in [5.74, 6) is 2.45. The zero-order chi connectivity index (χ0) is 24.9. The molecule has 0 unspecified atom stereocenters. The Labute approximate surface area is 219 Å². The van der Waals surface area contributed by atoms with Crippen molar-refractivity contribution >= 4 is 16.7 Å². The standard InChI is InChI=1S/C29H38N6O2/c1-2-11-34(10-1)12-7-23-20-32-28(33-21-23)17-22-3-5-25(6-4-22)37-27-19-24(35-13-15-36-16-14-35)18-26-29(27)31-9-8-30-26/h8-9,18-22,25H,1-7,10-17H2. The van der Waals surface area contributed by atoms with Gasteiger partial charge in [0.15, 0.2) is 0 Å². The summed E-state index contributed by atoms with van der Waals surface area (Å²) in [5.41, 5.74) is 4.12. The lowest BCUT2D eigenvalue weighted by molar-refractivity contribution is 0.122. The molecule has 6 rings (SSSR count). The van der Waals surface area contributed by atoms with Crippen LogP contribution in [0.2, 0.25) is 0 Å². The highest BCUT2D eigenvalue weighted by molar-refractivity contribution is 5.85. The van der Waals surface area contributed by atoms with E-state index in [4.69, 9.17) is 19.4 Å². The van der Waals surface area contributed by atoms with Gasteiger partial charge in [-0.15, -0.1) is 0 Å². The molecule has 3 aliphatic rings. The number of rotatable bonds is 8. The molecule has 4 heterocycles. The zero-order valence-electron chi connectivity index (χ0n) is 21.7. The number of hydrogen-bond donors (Lipinski definition) is 0. The van der Waals surface area contributed by atoms with Gasteiger partial charge in [0.25, 0.3) is 0 Å². The van der Waals surface area contributed by atoms with Crippen LogP contribution in [0.25, 0.3) is 11.0 Å². The number of likely N-dealkylation sites (tertiary alicyclic amines) is 1. The second kappa shape index (κ2) is 11.7. The molecule has 1 saturated carbocycles. The van der Waals surface area contributed by atoms with Crippen LogP contribution < -0.4 is 9.64 Å². The molecule has 0 amide bonds. The van der Waals surface area contributed by atoms with Crippen molar-refractivity contribution in [2.45, 2.75) is 57.5 Å². The first-order valence-electron chi connectivity index (χ1n) is 14.1. The summed E-state index contributed by atoms with van der Waals surface area (Å²) in [4.78, 5) is 23.5. The summed E-state index contributed by atoms with van der Waals surface area (Å²) in [6.07, 6.45) is 16.8. The first-order valence-corrected chi connectivity index (χ1v) is 14.1. The van der Waals surface area contributed by atoms with Crippen LogP contribution in [0.15, 0.2) is 36.9 Å².